The van der Waals surface area contributed by atoms with E-state index in [1.165, 1.54) is 4.31 Å². The number of carbonyl (C=O) groups excluding carboxylic acids is 1. The second-order valence-corrected chi connectivity index (χ2v) is 9.27. The lowest BCUT2D eigenvalue weighted by Crippen LogP contribution is -2.41. The van der Waals surface area contributed by atoms with Crippen molar-refractivity contribution < 1.29 is 17.9 Å². The molecular weight excluding hydrogens is 404 g/mol. The summed E-state index contributed by atoms with van der Waals surface area (Å²) >= 11 is 0. The molecule has 158 valence electrons. The predicted octanol–water partition coefficient (Wildman–Crippen LogP) is 1.80. The normalized spacial score (nSPS) is 18.0. The van der Waals surface area contributed by atoms with Gasteiger partial charge in [0.05, 0.1) is 18.1 Å². The van der Waals surface area contributed by atoms with Crippen molar-refractivity contribution in [1.82, 2.24) is 19.0 Å². The maximum absolute atomic E-state index is 12.8. The zero-order chi connectivity index (χ0) is 21.1. The molecule has 2 aromatic rings. The average molecular weight is 429 g/mol. The summed E-state index contributed by atoms with van der Waals surface area (Å²) < 4.78 is 34.1. The molecule has 4 rings (SSSR count). The first kappa shape index (κ1) is 20.5. The molecule has 0 spiro atoms. The van der Waals surface area contributed by atoms with Gasteiger partial charge in [-0.1, -0.05) is 18.2 Å². The average Bonchev–Trinajstić information content (AvgIpc) is 3.01. The summed E-state index contributed by atoms with van der Waals surface area (Å²) in [7, 11) is -3.51. The third-order valence-corrected chi connectivity index (χ3v) is 7.09. The number of amides is 1. The summed E-state index contributed by atoms with van der Waals surface area (Å²) in [5, 5.41) is 2.85. The van der Waals surface area contributed by atoms with Crippen LogP contribution in [0.5, 0.6) is 0 Å². The van der Waals surface area contributed by atoms with Gasteiger partial charge >= 0.3 is 0 Å². The van der Waals surface area contributed by atoms with E-state index in [2.05, 4.69) is 10.3 Å². The molecule has 1 aliphatic heterocycles. The van der Waals surface area contributed by atoms with Crippen LogP contribution in [0.25, 0.3) is 5.65 Å². The maximum atomic E-state index is 12.8. The molecule has 30 heavy (non-hydrogen) atoms. The van der Waals surface area contributed by atoms with E-state index in [9.17, 15) is 13.2 Å². The minimum Gasteiger partial charge on any atom is -0.379 e. The molecule has 8 nitrogen and oxygen atoms in total. The highest BCUT2D eigenvalue weighted by molar-refractivity contribution is 7.93. The number of nitrogens with one attached hydrogen (secondary N) is 1. The van der Waals surface area contributed by atoms with Crippen LogP contribution in [0, 0.1) is 6.92 Å². The first-order chi connectivity index (χ1) is 14.4. The molecule has 0 saturated carbocycles. The number of hydrogen-bond acceptors (Lipinski definition) is 5. The molecule has 1 aliphatic carbocycles. The van der Waals surface area contributed by atoms with Gasteiger partial charge in [0.15, 0.2) is 0 Å². The first-order valence-corrected chi connectivity index (χ1v) is 11.3. The van der Waals surface area contributed by atoms with Crippen LogP contribution in [0.1, 0.15) is 22.5 Å². The number of hydrogen-bond donors (Lipinski definition) is 1. The number of nitrogens with zero attached hydrogens (tertiary/aromatic N) is 3. The molecule has 1 fully saturated rings. The zero-order valence-electron chi connectivity index (χ0n) is 16.7. The number of fused-ring (bicyclic) bond motifs is 1. The van der Waals surface area contributed by atoms with Gasteiger partial charge in [-0.2, -0.15) is 4.31 Å². The Morgan fingerprint density at radius 3 is 2.87 bits per heavy atom. The summed E-state index contributed by atoms with van der Waals surface area (Å²) in [5.74, 6) is -0.278. The van der Waals surface area contributed by atoms with Crippen LogP contribution in [0.2, 0.25) is 0 Å². The third kappa shape index (κ3) is 4.38. The number of carbonyl (C=O) groups is 1. The van der Waals surface area contributed by atoms with Crippen LogP contribution in [0.3, 0.4) is 0 Å². The Balaban J connectivity index is 1.43. The molecule has 0 aromatic carbocycles. The topological polar surface area (TPSA) is 93.0 Å². The van der Waals surface area contributed by atoms with Gasteiger partial charge in [-0.05, 0) is 36.3 Å². The number of rotatable bonds is 5. The van der Waals surface area contributed by atoms with Gasteiger partial charge in [0.2, 0.25) is 10.0 Å². The minimum absolute atomic E-state index is 0.278. The van der Waals surface area contributed by atoms with E-state index in [1.807, 2.05) is 37.4 Å². The minimum atomic E-state index is -3.51. The standard InChI is InChI=1S/C21H24N4O4S/c1-16-7-8-24-15-19(23-20(24)13-16)21(26)22-14-17-3-2-4-18(6-5-17)30(27,28)25-9-11-29-12-10-25/h2-3,5-8,13,15H,4,9-12,14H2,1H3,(H,22,26). The number of imidazole rings is 1. The number of sulfonamides is 1. The molecule has 0 bridgehead atoms. The van der Waals surface area contributed by atoms with Crippen molar-refractivity contribution in [1.29, 1.82) is 0 Å². The van der Waals surface area contributed by atoms with Crippen molar-refractivity contribution in [2.24, 2.45) is 0 Å². The quantitative estimate of drug-likeness (QED) is 0.784. The van der Waals surface area contributed by atoms with Gasteiger partial charge in [-0.25, -0.2) is 13.4 Å². The Hall–Kier alpha value is -2.75. The Bertz CT molecular complexity index is 1150. The number of ether oxygens (including phenoxy) is 1. The highest BCUT2D eigenvalue weighted by Gasteiger charge is 2.27. The monoisotopic (exact) mass is 428 g/mol. The first-order valence-electron chi connectivity index (χ1n) is 9.81. The van der Waals surface area contributed by atoms with Gasteiger partial charge in [0.25, 0.3) is 5.91 Å². The fourth-order valence-electron chi connectivity index (χ4n) is 3.38. The van der Waals surface area contributed by atoms with Crippen LogP contribution < -0.4 is 5.32 Å². The molecule has 1 saturated heterocycles. The molecule has 0 atom stereocenters. The number of pyridine rings is 1. The van der Waals surface area contributed by atoms with Gasteiger partial charge < -0.3 is 14.5 Å². The Labute approximate surface area is 175 Å². The van der Waals surface area contributed by atoms with Crippen molar-refractivity contribution in [3.63, 3.8) is 0 Å². The fourth-order valence-corrected chi connectivity index (χ4v) is 4.89. The molecule has 1 amide bonds. The molecule has 2 aliphatic rings. The van der Waals surface area contributed by atoms with Crippen molar-refractivity contribution in [3.8, 4) is 0 Å². The highest BCUT2D eigenvalue weighted by atomic mass is 32.2. The number of morpholine rings is 1. The van der Waals surface area contributed by atoms with Crippen molar-refractivity contribution >= 4 is 21.6 Å². The van der Waals surface area contributed by atoms with Crippen LogP contribution in [0.4, 0.5) is 0 Å². The lowest BCUT2D eigenvalue weighted by atomic mass is 10.2. The zero-order valence-corrected chi connectivity index (χ0v) is 17.6. The second-order valence-electron chi connectivity index (χ2n) is 7.28. The SMILES string of the molecule is Cc1ccn2cc(C(=O)NCC3=CC=C(S(=O)(=O)N4CCOCC4)CC=C3)nc2c1. The fraction of sp³-hybridized carbons (Fsp3) is 0.333. The molecule has 9 heteroatoms. The van der Waals surface area contributed by atoms with Crippen molar-refractivity contribution in [2.45, 2.75) is 13.3 Å². The lowest BCUT2D eigenvalue weighted by Gasteiger charge is -2.26. The number of allylic oxidation sites excluding steroid dienone is 4. The summed E-state index contributed by atoms with van der Waals surface area (Å²) in [6.07, 6.45) is 10.9. The summed E-state index contributed by atoms with van der Waals surface area (Å²) in [6, 6.07) is 3.86. The predicted molar refractivity (Wildman–Crippen MR) is 113 cm³/mol. The summed E-state index contributed by atoms with van der Waals surface area (Å²) in [6.45, 7) is 3.82. The number of aromatic nitrogens is 2. The molecule has 0 radical (unpaired) electrons. The van der Waals surface area contributed by atoms with Crippen molar-refractivity contribution in [2.75, 3.05) is 32.8 Å². The molecule has 0 unspecified atom stereocenters. The van der Waals surface area contributed by atoms with E-state index in [0.29, 0.717) is 43.3 Å². The van der Waals surface area contributed by atoms with Crippen LogP contribution in [0.15, 0.2) is 59.3 Å². The summed E-state index contributed by atoms with van der Waals surface area (Å²) in [4.78, 5) is 17.2. The van der Waals surface area contributed by atoms with Crippen LogP contribution >= 0.6 is 0 Å². The van der Waals surface area contributed by atoms with Crippen LogP contribution in [-0.4, -0.2) is 60.9 Å². The van der Waals surface area contributed by atoms with E-state index in [4.69, 9.17) is 4.74 Å². The molecule has 1 N–H and O–H groups in total. The number of aryl methyl sites for hydroxylation is 1. The van der Waals surface area contributed by atoms with E-state index in [-0.39, 0.29) is 12.5 Å². The second kappa shape index (κ2) is 8.55. The van der Waals surface area contributed by atoms with Gasteiger partial charge in [-0.3, -0.25) is 4.79 Å². The van der Waals surface area contributed by atoms with E-state index >= 15 is 0 Å². The highest BCUT2D eigenvalue weighted by Crippen LogP contribution is 2.21. The van der Waals surface area contributed by atoms with E-state index in [0.717, 1.165) is 16.8 Å². The third-order valence-electron chi connectivity index (χ3n) is 5.08. The Morgan fingerprint density at radius 1 is 1.27 bits per heavy atom. The maximum Gasteiger partial charge on any atom is 0.271 e. The van der Waals surface area contributed by atoms with Gasteiger partial charge in [-0.15, -0.1) is 0 Å². The van der Waals surface area contributed by atoms with Crippen LogP contribution in [-0.2, 0) is 14.8 Å². The van der Waals surface area contributed by atoms with E-state index < -0.39 is 10.0 Å². The molecule has 3 heterocycles. The van der Waals surface area contributed by atoms with Crippen molar-refractivity contribution in [3.05, 3.63) is 70.6 Å². The lowest BCUT2D eigenvalue weighted by molar-refractivity contribution is 0.0734. The Morgan fingerprint density at radius 2 is 2.07 bits per heavy atom. The molecular formula is C21H24N4O4S. The smallest absolute Gasteiger partial charge is 0.271 e. The molecule has 2 aromatic heterocycles. The largest absolute Gasteiger partial charge is 0.379 e. The summed E-state index contributed by atoms with van der Waals surface area (Å²) in [5.41, 5.74) is 2.94. The van der Waals surface area contributed by atoms with Gasteiger partial charge in [0, 0.05) is 38.4 Å². The Kier molecular flexibility index (Phi) is 5.85. The van der Waals surface area contributed by atoms with Gasteiger partial charge in [0.1, 0.15) is 11.3 Å². The van der Waals surface area contributed by atoms with E-state index in [1.54, 1.807) is 22.7 Å².